The lowest BCUT2D eigenvalue weighted by Crippen LogP contribution is -2.17. The van der Waals surface area contributed by atoms with Gasteiger partial charge in [0, 0.05) is 36.7 Å². The average Bonchev–Trinajstić information content (AvgIpc) is 2.95. The summed E-state index contributed by atoms with van der Waals surface area (Å²) in [5, 5.41) is 1.24. The lowest BCUT2D eigenvalue weighted by atomic mass is 10.0. The first-order valence-corrected chi connectivity index (χ1v) is 6.58. The molecular weight excluding hydrogens is 234 g/mol. The molecule has 0 saturated carbocycles. The number of aromatic amines is 1. The first-order valence-electron chi connectivity index (χ1n) is 6.58. The molecule has 0 spiro atoms. The van der Waals surface area contributed by atoms with Crippen molar-refractivity contribution in [3.8, 4) is 0 Å². The van der Waals surface area contributed by atoms with Gasteiger partial charge in [0.25, 0.3) is 0 Å². The van der Waals surface area contributed by atoms with Gasteiger partial charge in [0.05, 0.1) is 0 Å². The molecule has 2 heterocycles. The lowest BCUT2D eigenvalue weighted by Gasteiger charge is -2.15. The standard InChI is InChI=1S/C16H19N3/c1-11-6-8-19(2)16(11)14(17)10-12-3-4-15-13(9-12)5-7-18-15/h3-9,14,18H,10,17H2,1-2H3. The van der Waals surface area contributed by atoms with E-state index in [0.717, 1.165) is 6.42 Å². The van der Waals surface area contributed by atoms with E-state index in [4.69, 9.17) is 5.73 Å². The van der Waals surface area contributed by atoms with Crippen molar-refractivity contribution in [3.05, 3.63) is 59.5 Å². The molecule has 98 valence electrons. The van der Waals surface area contributed by atoms with E-state index in [9.17, 15) is 0 Å². The first kappa shape index (κ1) is 12.1. The van der Waals surface area contributed by atoms with Crippen molar-refractivity contribution in [1.29, 1.82) is 0 Å². The third kappa shape index (κ3) is 2.17. The molecule has 3 aromatic rings. The Balaban J connectivity index is 1.88. The summed E-state index contributed by atoms with van der Waals surface area (Å²) in [6, 6.07) is 10.7. The van der Waals surface area contributed by atoms with Gasteiger partial charge in [0.1, 0.15) is 0 Å². The van der Waals surface area contributed by atoms with Gasteiger partial charge in [-0.3, -0.25) is 0 Å². The van der Waals surface area contributed by atoms with Crippen molar-refractivity contribution in [2.45, 2.75) is 19.4 Å². The normalized spacial score (nSPS) is 13.0. The molecule has 3 heteroatoms. The smallest absolute Gasteiger partial charge is 0.0493 e. The van der Waals surface area contributed by atoms with Crippen molar-refractivity contribution in [2.75, 3.05) is 0 Å². The van der Waals surface area contributed by atoms with Crippen LogP contribution in [0.1, 0.15) is 22.9 Å². The maximum atomic E-state index is 6.36. The Morgan fingerprint density at radius 3 is 2.84 bits per heavy atom. The molecule has 0 fully saturated rings. The van der Waals surface area contributed by atoms with E-state index >= 15 is 0 Å². The summed E-state index contributed by atoms with van der Waals surface area (Å²) < 4.78 is 2.12. The highest BCUT2D eigenvalue weighted by Gasteiger charge is 2.13. The molecule has 0 aliphatic heterocycles. The number of nitrogens with zero attached hydrogens (tertiary/aromatic N) is 1. The number of hydrogen-bond donors (Lipinski definition) is 2. The molecule has 0 amide bonds. The zero-order chi connectivity index (χ0) is 13.4. The van der Waals surface area contributed by atoms with Gasteiger partial charge in [-0.2, -0.15) is 0 Å². The predicted molar refractivity (Wildman–Crippen MR) is 79.1 cm³/mol. The third-order valence-corrected chi connectivity index (χ3v) is 3.76. The number of fused-ring (bicyclic) bond motifs is 1. The molecule has 3 rings (SSSR count). The van der Waals surface area contributed by atoms with Crippen LogP contribution in [0.5, 0.6) is 0 Å². The van der Waals surface area contributed by atoms with Crippen LogP contribution in [0.15, 0.2) is 42.7 Å². The Morgan fingerprint density at radius 2 is 2.11 bits per heavy atom. The zero-order valence-corrected chi connectivity index (χ0v) is 11.4. The van der Waals surface area contributed by atoms with Crippen LogP contribution in [0, 0.1) is 6.92 Å². The van der Waals surface area contributed by atoms with Crippen LogP contribution in [0.25, 0.3) is 10.9 Å². The van der Waals surface area contributed by atoms with E-state index in [1.807, 2.05) is 6.20 Å². The van der Waals surface area contributed by atoms with Gasteiger partial charge in [-0.1, -0.05) is 6.07 Å². The van der Waals surface area contributed by atoms with Crippen LogP contribution in [-0.4, -0.2) is 9.55 Å². The number of H-pyrrole nitrogens is 1. The Labute approximate surface area is 113 Å². The number of aryl methyl sites for hydroxylation is 2. The Hall–Kier alpha value is -2.00. The maximum absolute atomic E-state index is 6.36. The molecule has 1 aromatic carbocycles. The van der Waals surface area contributed by atoms with Crippen LogP contribution in [-0.2, 0) is 13.5 Å². The summed E-state index contributed by atoms with van der Waals surface area (Å²) in [5.74, 6) is 0. The topological polar surface area (TPSA) is 46.7 Å². The highest BCUT2D eigenvalue weighted by atomic mass is 15.0. The number of rotatable bonds is 3. The quantitative estimate of drug-likeness (QED) is 0.740. The van der Waals surface area contributed by atoms with E-state index < -0.39 is 0 Å². The summed E-state index contributed by atoms with van der Waals surface area (Å²) in [7, 11) is 2.05. The van der Waals surface area contributed by atoms with Crippen molar-refractivity contribution < 1.29 is 0 Å². The van der Waals surface area contributed by atoms with E-state index in [-0.39, 0.29) is 6.04 Å². The van der Waals surface area contributed by atoms with Gasteiger partial charge in [-0.25, -0.2) is 0 Å². The van der Waals surface area contributed by atoms with Crippen LogP contribution in [0.3, 0.4) is 0 Å². The summed E-state index contributed by atoms with van der Waals surface area (Å²) in [5.41, 5.74) is 11.3. The molecule has 0 aliphatic carbocycles. The number of aromatic nitrogens is 2. The summed E-state index contributed by atoms with van der Waals surface area (Å²) >= 11 is 0. The van der Waals surface area contributed by atoms with E-state index in [0.29, 0.717) is 0 Å². The molecule has 0 saturated heterocycles. The zero-order valence-electron chi connectivity index (χ0n) is 11.4. The fourth-order valence-electron chi connectivity index (χ4n) is 2.80. The minimum atomic E-state index is 0.0383. The van der Waals surface area contributed by atoms with Gasteiger partial charge in [-0.15, -0.1) is 0 Å². The van der Waals surface area contributed by atoms with Gasteiger partial charge in [-0.05, 0) is 54.1 Å². The summed E-state index contributed by atoms with van der Waals surface area (Å²) in [6.07, 6.45) is 4.90. The van der Waals surface area contributed by atoms with Gasteiger partial charge in [0.2, 0.25) is 0 Å². The fraction of sp³-hybridized carbons (Fsp3) is 0.250. The summed E-state index contributed by atoms with van der Waals surface area (Å²) in [6.45, 7) is 2.12. The predicted octanol–water partition coefficient (Wildman–Crippen LogP) is 3.06. The molecule has 2 aromatic heterocycles. The second kappa shape index (κ2) is 4.59. The van der Waals surface area contributed by atoms with Crippen LogP contribution in [0.4, 0.5) is 0 Å². The van der Waals surface area contributed by atoms with Crippen LogP contribution in [0.2, 0.25) is 0 Å². The monoisotopic (exact) mass is 253 g/mol. The third-order valence-electron chi connectivity index (χ3n) is 3.76. The molecule has 0 aliphatic rings. The molecule has 3 N–H and O–H groups in total. The molecule has 19 heavy (non-hydrogen) atoms. The largest absolute Gasteiger partial charge is 0.361 e. The Kier molecular flexibility index (Phi) is 2.91. The molecule has 3 nitrogen and oxygen atoms in total. The minimum Gasteiger partial charge on any atom is -0.361 e. The number of nitrogens with one attached hydrogen (secondary N) is 1. The fourth-order valence-corrected chi connectivity index (χ4v) is 2.80. The number of hydrogen-bond acceptors (Lipinski definition) is 1. The van der Waals surface area contributed by atoms with E-state index in [2.05, 4.69) is 60.1 Å². The van der Waals surface area contributed by atoms with Crippen LogP contribution < -0.4 is 5.73 Å². The van der Waals surface area contributed by atoms with Crippen molar-refractivity contribution in [3.63, 3.8) is 0 Å². The van der Waals surface area contributed by atoms with E-state index in [1.54, 1.807) is 0 Å². The Morgan fingerprint density at radius 1 is 1.26 bits per heavy atom. The highest BCUT2D eigenvalue weighted by molar-refractivity contribution is 5.79. The van der Waals surface area contributed by atoms with Gasteiger partial charge >= 0.3 is 0 Å². The number of benzene rings is 1. The lowest BCUT2D eigenvalue weighted by molar-refractivity contribution is 0.651. The minimum absolute atomic E-state index is 0.0383. The molecule has 1 atom stereocenters. The average molecular weight is 253 g/mol. The van der Waals surface area contributed by atoms with Crippen molar-refractivity contribution >= 4 is 10.9 Å². The van der Waals surface area contributed by atoms with Crippen molar-refractivity contribution in [2.24, 2.45) is 12.8 Å². The first-order chi connectivity index (χ1) is 9.15. The van der Waals surface area contributed by atoms with E-state index in [1.165, 1.54) is 27.7 Å². The van der Waals surface area contributed by atoms with Crippen LogP contribution >= 0.6 is 0 Å². The van der Waals surface area contributed by atoms with Gasteiger partial charge < -0.3 is 15.3 Å². The second-order valence-electron chi connectivity index (χ2n) is 5.20. The Bertz CT molecular complexity index is 686. The molecule has 0 bridgehead atoms. The van der Waals surface area contributed by atoms with Gasteiger partial charge in [0.15, 0.2) is 0 Å². The second-order valence-corrected chi connectivity index (χ2v) is 5.20. The summed E-state index contributed by atoms with van der Waals surface area (Å²) in [4.78, 5) is 3.21. The molecule has 0 radical (unpaired) electrons. The SMILES string of the molecule is Cc1ccn(C)c1C(N)Cc1ccc2[nH]ccc2c1. The molecular formula is C16H19N3. The number of nitrogens with two attached hydrogens (primary N) is 1. The van der Waals surface area contributed by atoms with Crippen molar-refractivity contribution in [1.82, 2.24) is 9.55 Å². The maximum Gasteiger partial charge on any atom is 0.0493 e. The highest BCUT2D eigenvalue weighted by Crippen LogP contribution is 2.22. The molecule has 1 unspecified atom stereocenters.